The first kappa shape index (κ1) is 92.3. The maximum Gasteiger partial charge on any atom is 0.305 e. The topological polar surface area (TPSA) is 95.9 Å². The van der Waals surface area contributed by atoms with Crippen molar-refractivity contribution in [2.45, 2.75) is 514 Å². The largest absolute Gasteiger partial charge is 0.466 e. The van der Waals surface area contributed by atoms with Crippen LogP contribution in [0, 0.1) is 0 Å². The predicted octanol–water partition coefficient (Wildman–Crippen LogP) is 29.2. The van der Waals surface area contributed by atoms with Gasteiger partial charge in [0.15, 0.2) is 0 Å². The summed E-state index contributed by atoms with van der Waals surface area (Å²) in [7, 11) is 0. The van der Waals surface area contributed by atoms with Crippen molar-refractivity contribution in [2.75, 3.05) is 13.2 Å². The molecule has 0 spiro atoms. The lowest BCUT2D eigenvalue weighted by molar-refractivity contribution is -0.143. The quantitative estimate of drug-likeness (QED) is 0.0320. The second kappa shape index (κ2) is 83.8. The molecule has 0 saturated heterocycles. The van der Waals surface area contributed by atoms with Gasteiger partial charge in [0.1, 0.15) is 0 Å². The first-order valence-electron chi connectivity index (χ1n) is 43.6. The van der Waals surface area contributed by atoms with Crippen LogP contribution >= 0.6 is 0 Å². The van der Waals surface area contributed by atoms with E-state index >= 15 is 0 Å². The summed E-state index contributed by atoms with van der Waals surface area (Å²) in [6.07, 6.45) is 109. The minimum Gasteiger partial charge on any atom is -0.466 e. The SMILES string of the molecule is CCCCCCCCC/C=C\CCCCCCCCCC(=O)OCCCCCCCCCCCCCCCCCCCCCCCCCCCCCCCCCCCCCCCC(=O)NC(CO)C(O)/C=C/CCCCCCCCCCCCCCCCCCCCCC. The van der Waals surface area contributed by atoms with Gasteiger partial charge < -0.3 is 20.3 Å². The molecule has 0 aromatic rings. The number of esters is 1. The first-order chi connectivity index (χ1) is 46.5. The van der Waals surface area contributed by atoms with Gasteiger partial charge in [0.2, 0.25) is 5.91 Å². The molecule has 2 atom stereocenters. The average Bonchev–Trinajstić information content (AvgIpc) is 3.65. The van der Waals surface area contributed by atoms with E-state index in [-0.39, 0.29) is 18.5 Å². The van der Waals surface area contributed by atoms with E-state index in [0.717, 1.165) is 38.5 Å². The molecule has 0 aliphatic carbocycles. The van der Waals surface area contributed by atoms with Crippen LogP contribution in [0.25, 0.3) is 0 Å². The molecule has 94 heavy (non-hydrogen) atoms. The molecular weight excluding hydrogens is 1150 g/mol. The van der Waals surface area contributed by atoms with Crippen molar-refractivity contribution < 1.29 is 24.5 Å². The monoisotopic (exact) mass is 1320 g/mol. The summed E-state index contributed by atoms with van der Waals surface area (Å²) in [6, 6.07) is -0.624. The third kappa shape index (κ3) is 79.3. The van der Waals surface area contributed by atoms with E-state index in [9.17, 15) is 19.8 Å². The maximum atomic E-state index is 12.6. The Bertz CT molecular complexity index is 1480. The second-order valence-corrected chi connectivity index (χ2v) is 30.2. The van der Waals surface area contributed by atoms with Crippen molar-refractivity contribution in [3.8, 4) is 0 Å². The summed E-state index contributed by atoms with van der Waals surface area (Å²) in [4.78, 5) is 24.7. The number of aliphatic hydroxyl groups excluding tert-OH is 2. The fraction of sp³-hybridized carbons (Fsp3) is 0.932. The number of carbonyl (C=O) groups excluding carboxylic acids is 2. The Hall–Kier alpha value is -1.66. The van der Waals surface area contributed by atoms with Crippen LogP contribution < -0.4 is 5.32 Å². The van der Waals surface area contributed by atoms with Crippen LogP contribution in [0.2, 0.25) is 0 Å². The molecule has 0 fully saturated rings. The normalized spacial score (nSPS) is 12.5. The van der Waals surface area contributed by atoms with Gasteiger partial charge in [-0.15, -0.1) is 0 Å². The van der Waals surface area contributed by atoms with Crippen LogP contribution in [0.1, 0.15) is 502 Å². The lowest BCUT2D eigenvalue weighted by Gasteiger charge is -2.20. The number of aliphatic hydroxyl groups is 2. The third-order valence-corrected chi connectivity index (χ3v) is 20.7. The number of rotatable bonds is 83. The van der Waals surface area contributed by atoms with Gasteiger partial charge >= 0.3 is 5.97 Å². The molecule has 558 valence electrons. The molecule has 6 nitrogen and oxygen atoms in total. The van der Waals surface area contributed by atoms with Gasteiger partial charge in [-0.25, -0.2) is 0 Å². The highest BCUT2D eigenvalue weighted by atomic mass is 16.5. The fourth-order valence-electron chi connectivity index (χ4n) is 14.1. The number of hydrogen-bond donors (Lipinski definition) is 3. The summed E-state index contributed by atoms with van der Waals surface area (Å²) in [5, 5.41) is 23.3. The number of ether oxygens (including phenoxy) is 1. The number of hydrogen-bond acceptors (Lipinski definition) is 5. The van der Waals surface area contributed by atoms with Gasteiger partial charge in [-0.3, -0.25) is 9.59 Å². The van der Waals surface area contributed by atoms with Gasteiger partial charge in [-0.1, -0.05) is 456 Å². The van der Waals surface area contributed by atoms with Crippen LogP contribution in [-0.4, -0.2) is 47.4 Å². The number of allylic oxidation sites excluding steroid dienone is 3. The van der Waals surface area contributed by atoms with E-state index < -0.39 is 12.1 Å². The van der Waals surface area contributed by atoms with Crippen molar-refractivity contribution >= 4 is 11.9 Å². The zero-order chi connectivity index (χ0) is 67.7. The Morgan fingerprint density at radius 3 is 0.755 bits per heavy atom. The van der Waals surface area contributed by atoms with Gasteiger partial charge in [0, 0.05) is 12.8 Å². The molecule has 0 saturated carbocycles. The van der Waals surface area contributed by atoms with Crippen LogP contribution in [0.15, 0.2) is 24.3 Å². The number of unbranched alkanes of at least 4 members (excludes halogenated alkanes) is 70. The summed E-state index contributed by atoms with van der Waals surface area (Å²) >= 11 is 0. The Kier molecular flexibility index (Phi) is 82.3. The highest BCUT2D eigenvalue weighted by Crippen LogP contribution is 2.21. The van der Waals surface area contributed by atoms with E-state index in [2.05, 4.69) is 31.3 Å². The minimum absolute atomic E-state index is 0.0215. The molecule has 0 aliphatic heterocycles. The molecular formula is C88H171NO5. The van der Waals surface area contributed by atoms with Crippen molar-refractivity contribution in [1.82, 2.24) is 5.32 Å². The van der Waals surface area contributed by atoms with Crippen LogP contribution in [0.3, 0.4) is 0 Å². The summed E-state index contributed by atoms with van der Waals surface area (Å²) < 4.78 is 5.52. The lowest BCUT2D eigenvalue weighted by Crippen LogP contribution is -2.45. The van der Waals surface area contributed by atoms with Crippen molar-refractivity contribution in [1.29, 1.82) is 0 Å². The zero-order valence-electron chi connectivity index (χ0n) is 64.2. The van der Waals surface area contributed by atoms with Crippen LogP contribution in [-0.2, 0) is 14.3 Å². The van der Waals surface area contributed by atoms with Crippen molar-refractivity contribution in [3.05, 3.63) is 24.3 Å². The lowest BCUT2D eigenvalue weighted by atomic mass is 10.0. The predicted molar refractivity (Wildman–Crippen MR) is 417 cm³/mol. The van der Waals surface area contributed by atoms with Crippen molar-refractivity contribution in [3.63, 3.8) is 0 Å². The maximum absolute atomic E-state index is 12.6. The number of amides is 1. The van der Waals surface area contributed by atoms with Gasteiger partial charge in [-0.05, 0) is 57.8 Å². The Labute approximate surface area is 590 Å². The molecule has 0 aromatic carbocycles. The highest BCUT2D eigenvalue weighted by molar-refractivity contribution is 5.76. The summed E-state index contributed by atoms with van der Waals surface area (Å²) in [6.45, 7) is 4.96. The molecule has 0 heterocycles. The fourth-order valence-corrected chi connectivity index (χ4v) is 14.1. The Balaban J connectivity index is 3.32. The molecule has 0 rings (SSSR count). The molecule has 3 N–H and O–H groups in total. The average molecular weight is 1320 g/mol. The van der Waals surface area contributed by atoms with E-state index in [4.69, 9.17) is 4.74 Å². The first-order valence-corrected chi connectivity index (χ1v) is 43.6. The van der Waals surface area contributed by atoms with Crippen molar-refractivity contribution in [2.24, 2.45) is 0 Å². The van der Waals surface area contributed by atoms with Gasteiger partial charge in [0.05, 0.1) is 25.4 Å². The van der Waals surface area contributed by atoms with E-state index in [1.165, 1.54) is 437 Å². The van der Waals surface area contributed by atoms with Crippen LogP contribution in [0.4, 0.5) is 0 Å². The Morgan fingerprint density at radius 2 is 0.500 bits per heavy atom. The Morgan fingerprint density at radius 1 is 0.287 bits per heavy atom. The standard InChI is InChI=1S/C88H171NO5/c1-3-5-7-9-11-13-15-17-19-21-23-24-42-45-48-52-56-60-64-68-72-76-80-86(91)85(84-90)89-87(92)81-77-73-69-65-61-57-53-49-46-43-40-38-36-34-32-30-28-26-25-27-29-31-33-35-37-39-41-44-47-51-55-59-63-67-71-75-79-83-94-88(93)82-78-74-70-66-62-58-54-50-22-20-18-16-14-12-10-8-6-4-2/h20,22,76,80,85-86,90-91H,3-19,21,23-75,77-79,81-84H2,1-2H3,(H,89,92)/b22-20-,80-76+. The summed E-state index contributed by atoms with van der Waals surface area (Å²) in [5.74, 6) is -0.0352. The van der Waals surface area contributed by atoms with E-state index in [1.54, 1.807) is 6.08 Å². The molecule has 2 unspecified atom stereocenters. The molecule has 0 aliphatic rings. The molecule has 1 amide bonds. The number of carbonyl (C=O) groups is 2. The second-order valence-electron chi connectivity index (χ2n) is 30.2. The summed E-state index contributed by atoms with van der Waals surface area (Å²) in [5.41, 5.74) is 0. The van der Waals surface area contributed by atoms with Gasteiger partial charge in [-0.2, -0.15) is 0 Å². The zero-order valence-corrected chi connectivity index (χ0v) is 64.2. The van der Waals surface area contributed by atoms with Crippen LogP contribution in [0.5, 0.6) is 0 Å². The van der Waals surface area contributed by atoms with E-state index in [1.807, 2.05) is 6.08 Å². The molecule has 0 aromatic heterocycles. The molecule has 0 radical (unpaired) electrons. The van der Waals surface area contributed by atoms with E-state index in [0.29, 0.717) is 19.4 Å². The molecule has 6 heteroatoms. The molecule has 0 bridgehead atoms. The van der Waals surface area contributed by atoms with Gasteiger partial charge in [0.25, 0.3) is 0 Å². The number of nitrogens with one attached hydrogen (secondary N) is 1. The smallest absolute Gasteiger partial charge is 0.305 e. The minimum atomic E-state index is -0.842. The highest BCUT2D eigenvalue weighted by Gasteiger charge is 2.18. The third-order valence-electron chi connectivity index (χ3n) is 20.7.